The third-order valence-electron chi connectivity index (χ3n) is 8.42. The molecular formula is C38H24O6. The topological polar surface area (TPSA) is 114 Å². The Bertz CT molecular complexity index is 2350. The van der Waals surface area contributed by atoms with Crippen LogP contribution >= 0.6 is 0 Å². The van der Waals surface area contributed by atoms with Crippen LogP contribution < -0.4 is 0 Å². The number of fused-ring (bicyclic) bond motifs is 5. The Morgan fingerprint density at radius 1 is 0.364 bits per heavy atom. The van der Waals surface area contributed by atoms with Gasteiger partial charge in [0.05, 0.1) is 5.56 Å². The first-order valence-corrected chi connectivity index (χ1v) is 14.1. The monoisotopic (exact) mass is 576 g/mol. The van der Waals surface area contributed by atoms with Crippen LogP contribution in [0.5, 0.6) is 28.7 Å². The molecule has 8 rings (SSSR count). The van der Waals surface area contributed by atoms with Crippen LogP contribution in [0.4, 0.5) is 0 Å². The summed E-state index contributed by atoms with van der Waals surface area (Å²) in [5.74, 6) is -4.30. The van der Waals surface area contributed by atoms with Crippen molar-refractivity contribution in [3.05, 3.63) is 115 Å². The van der Waals surface area contributed by atoms with E-state index >= 15 is 0 Å². The van der Waals surface area contributed by atoms with Gasteiger partial charge in [0.1, 0.15) is 11.2 Å². The van der Waals surface area contributed by atoms with E-state index in [1.54, 1.807) is 0 Å². The standard InChI is InChI=1S/C38H24O6/c39-34-33(35(40)37(42)38(43)36(34)41)32-25-13-6-4-11-23(25)30(24-12-5-7-14-26(24)32)21-17-18-28-27(19-21)31-22(15-8-16-29(31)44-28)20-9-2-1-3-10-20/h1-19,39-43H. The van der Waals surface area contributed by atoms with Gasteiger partial charge in [-0.1, -0.05) is 97.1 Å². The van der Waals surface area contributed by atoms with Crippen molar-refractivity contribution in [2.24, 2.45) is 0 Å². The van der Waals surface area contributed by atoms with E-state index in [4.69, 9.17) is 4.42 Å². The number of phenolic OH excluding ortho intramolecular Hbond substituents is 5. The molecule has 0 spiro atoms. The zero-order chi connectivity index (χ0) is 30.1. The molecule has 6 nitrogen and oxygen atoms in total. The molecule has 7 aromatic carbocycles. The fourth-order valence-electron chi connectivity index (χ4n) is 6.47. The van der Waals surface area contributed by atoms with Crippen LogP contribution in [-0.4, -0.2) is 25.5 Å². The second kappa shape index (κ2) is 9.44. The molecule has 0 fully saturated rings. The van der Waals surface area contributed by atoms with Crippen molar-refractivity contribution in [1.82, 2.24) is 0 Å². The highest BCUT2D eigenvalue weighted by Crippen LogP contribution is 2.57. The third-order valence-corrected chi connectivity index (χ3v) is 8.42. The van der Waals surface area contributed by atoms with E-state index in [2.05, 4.69) is 24.3 Å². The Morgan fingerprint density at radius 2 is 0.909 bits per heavy atom. The molecule has 1 aromatic heterocycles. The number of hydrogen-bond donors (Lipinski definition) is 5. The first kappa shape index (κ1) is 25.6. The summed E-state index contributed by atoms with van der Waals surface area (Å²) in [6.07, 6.45) is 0. The second-order valence-corrected chi connectivity index (χ2v) is 10.8. The molecule has 0 atom stereocenters. The molecule has 0 amide bonds. The van der Waals surface area contributed by atoms with Gasteiger partial charge in [0.2, 0.25) is 17.2 Å². The predicted octanol–water partition coefficient (Wildman–Crippen LogP) is 9.42. The highest BCUT2D eigenvalue weighted by molar-refractivity contribution is 6.23. The van der Waals surface area contributed by atoms with Gasteiger partial charge in [-0.2, -0.15) is 0 Å². The molecule has 0 saturated heterocycles. The fraction of sp³-hybridized carbons (Fsp3) is 0. The minimum absolute atomic E-state index is 0.180. The minimum atomic E-state index is -0.996. The number of benzene rings is 7. The van der Waals surface area contributed by atoms with Crippen molar-refractivity contribution in [2.75, 3.05) is 0 Å². The molecule has 1 heterocycles. The van der Waals surface area contributed by atoms with Crippen molar-refractivity contribution in [2.45, 2.75) is 0 Å². The number of aromatic hydroxyl groups is 5. The summed E-state index contributed by atoms with van der Waals surface area (Å²) in [6, 6.07) is 37.6. The van der Waals surface area contributed by atoms with E-state index in [0.717, 1.165) is 55.0 Å². The van der Waals surface area contributed by atoms with Gasteiger partial charge in [0.15, 0.2) is 11.5 Å². The molecule has 0 aliphatic carbocycles. The lowest BCUT2D eigenvalue weighted by atomic mass is 9.85. The summed E-state index contributed by atoms with van der Waals surface area (Å²) in [5, 5.41) is 57.8. The summed E-state index contributed by atoms with van der Waals surface area (Å²) in [5.41, 5.74) is 5.81. The van der Waals surface area contributed by atoms with E-state index in [1.165, 1.54) is 0 Å². The molecule has 0 saturated carbocycles. The Balaban J connectivity index is 1.48. The Kier molecular flexibility index (Phi) is 5.48. The summed E-state index contributed by atoms with van der Waals surface area (Å²) >= 11 is 0. The van der Waals surface area contributed by atoms with E-state index in [0.29, 0.717) is 16.3 Å². The van der Waals surface area contributed by atoms with E-state index < -0.39 is 28.7 Å². The highest BCUT2D eigenvalue weighted by Gasteiger charge is 2.28. The SMILES string of the molecule is Oc1c(O)c(O)c(-c2c3ccccc3c(-c3ccc4oc5cccc(-c6ccccc6)c5c4c3)c3ccccc23)c(O)c1O. The molecule has 0 aliphatic heterocycles. The van der Waals surface area contributed by atoms with Gasteiger partial charge in [-0.25, -0.2) is 0 Å². The van der Waals surface area contributed by atoms with Gasteiger partial charge in [-0.05, 0) is 62.0 Å². The molecule has 8 aromatic rings. The van der Waals surface area contributed by atoms with Gasteiger partial charge in [-0.15, -0.1) is 0 Å². The number of furan rings is 1. The molecule has 6 heteroatoms. The molecule has 0 unspecified atom stereocenters. The fourth-order valence-corrected chi connectivity index (χ4v) is 6.47. The highest BCUT2D eigenvalue weighted by atomic mass is 16.4. The van der Waals surface area contributed by atoms with Crippen LogP contribution in [0, 0.1) is 0 Å². The quantitative estimate of drug-likeness (QED) is 0.0813. The summed E-state index contributed by atoms with van der Waals surface area (Å²) in [4.78, 5) is 0. The lowest BCUT2D eigenvalue weighted by Crippen LogP contribution is -1.92. The van der Waals surface area contributed by atoms with Crippen LogP contribution in [-0.2, 0) is 0 Å². The third kappa shape index (κ3) is 3.55. The zero-order valence-corrected chi connectivity index (χ0v) is 23.1. The maximum atomic E-state index is 11.0. The summed E-state index contributed by atoms with van der Waals surface area (Å²) in [7, 11) is 0. The predicted molar refractivity (Wildman–Crippen MR) is 173 cm³/mol. The largest absolute Gasteiger partial charge is 0.504 e. The summed E-state index contributed by atoms with van der Waals surface area (Å²) < 4.78 is 6.29. The van der Waals surface area contributed by atoms with Crippen molar-refractivity contribution >= 4 is 43.5 Å². The van der Waals surface area contributed by atoms with Gasteiger partial charge in [0.25, 0.3) is 0 Å². The average molecular weight is 577 g/mol. The normalized spacial score (nSPS) is 11.6. The van der Waals surface area contributed by atoms with Crippen molar-refractivity contribution < 1.29 is 29.9 Å². The van der Waals surface area contributed by atoms with Crippen LogP contribution in [0.3, 0.4) is 0 Å². The summed E-state index contributed by atoms with van der Waals surface area (Å²) in [6.45, 7) is 0. The molecule has 0 aliphatic rings. The van der Waals surface area contributed by atoms with Crippen molar-refractivity contribution in [3.63, 3.8) is 0 Å². The maximum absolute atomic E-state index is 11.0. The molecular weight excluding hydrogens is 552 g/mol. The lowest BCUT2D eigenvalue weighted by Gasteiger charge is -2.20. The first-order chi connectivity index (χ1) is 21.4. The first-order valence-electron chi connectivity index (χ1n) is 14.1. The van der Waals surface area contributed by atoms with Gasteiger partial charge < -0.3 is 29.9 Å². The zero-order valence-electron chi connectivity index (χ0n) is 23.1. The second-order valence-electron chi connectivity index (χ2n) is 10.8. The van der Waals surface area contributed by atoms with Crippen molar-refractivity contribution in [1.29, 1.82) is 0 Å². The number of hydrogen-bond acceptors (Lipinski definition) is 6. The van der Waals surface area contributed by atoms with Crippen LogP contribution in [0.15, 0.2) is 120 Å². The van der Waals surface area contributed by atoms with Crippen molar-refractivity contribution in [3.8, 4) is 62.1 Å². The van der Waals surface area contributed by atoms with Gasteiger partial charge in [-0.3, -0.25) is 0 Å². The van der Waals surface area contributed by atoms with Gasteiger partial charge >= 0.3 is 0 Å². The Labute approximate surface area is 250 Å². The molecule has 212 valence electrons. The minimum Gasteiger partial charge on any atom is -0.504 e. The van der Waals surface area contributed by atoms with Crippen LogP contribution in [0.2, 0.25) is 0 Å². The van der Waals surface area contributed by atoms with E-state index in [-0.39, 0.29) is 5.56 Å². The van der Waals surface area contributed by atoms with E-state index in [9.17, 15) is 25.5 Å². The smallest absolute Gasteiger partial charge is 0.208 e. The maximum Gasteiger partial charge on any atom is 0.208 e. The average Bonchev–Trinajstić information content (AvgIpc) is 3.45. The van der Waals surface area contributed by atoms with Gasteiger partial charge in [0, 0.05) is 16.3 Å². The van der Waals surface area contributed by atoms with Crippen LogP contribution in [0.1, 0.15) is 0 Å². The van der Waals surface area contributed by atoms with E-state index in [1.807, 2.05) is 91.0 Å². The molecule has 44 heavy (non-hydrogen) atoms. The number of phenols is 5. The molecule has 0 bridgehead atoms. The Hall–Kier alpha value is -6.14. The molecule has 5 N–H and O–H groups in total. The lowest BCUT2D eigenvalue weighted by molar-refractivity contribution is 0.330. The molecule has 0 radical (unpaired) electrons. The number of rotatable bonds is 3. The van der Waals surface area contributed by atoms with Crippen LogP contribution in [0.25, 0.3) is 76.9 Å². The Morgan fingerprint density at radius 3 is 1.52 bits per heavy atom.